The molecule has 0 radical (unpaired) electrons. The molecule has 0 heterocycles. The molecule has 0 saturated carbocycles. The maximum atomic E-state index is 11.7. The van der Waals surface area contributed by atoms with Gasteiger partial charge >= 0.3 is 0 Å². The Morgan fingerprint density at radius 1 is 1.11 bits per heavy atom. The van der Waals surface area contributed by atoms with Crippen LogP contribution in [0.2, 0.25) is 0 Å². The summed E-state index contributed by atoms with van der Waals surface area (Å²) in [7, 11) is 1.65. The van der Waals surface area contributed by atoms with E-state index in [-0.39, 0.29) is 5.78 Å². The Bertz CT molecular complexity index is 390. The van der Waals surface area contributed by atoms with Gasteiger partial charge in [-0.2, -0.15) is 0 Å². The number of ketones is 1. The van der Waals surface area contributed by atoms with Crippen molar-refractivity contribution < 1.29 is 9.53 Å². The molecule has 1 aromatic carbocycles. The molecule has 0 aliphatic rings. The molecule has 0 atom stereocenters. The van der Waals surface area contributed by atoms with Crippen molar-refractivity contribution in [2.45, 2.75) is 45.4 Å². The summed E-state index contributed by atoms with van der Waals surface area (Å²) in [5.41, 5.74) is 1.03. The van der Waals surface area contributed by atoms with Gasteiger partial charge in [0.1, 0.15) is 5.75 Å². The van der Waals surface area contributed by atoms with E-state index < -0.39 is 0 Å². The predicted molar refractivity (Wildman–Crippen MR) is 80.4 cm³/mol. The smallest absolute Gasteiger partial charge is 0.155 e. The first-order chi connectivity index (χ1) is 9.26. The van der Waals surface area contributed by atoms with Crippen molar-refractivity contribution in [2.75, 3.05) is 7.11 Å². The fraction of sp³-hybridized carbons (Fsp3) is 0.471. The molecule has 0 bridgehead atoms. The molecule has 0 spiro atoms. The van der Waals surface area contributed by atoms with E-state index in [4.69, 9.17) is 4.74 Å². The van der Waals surface area contributed by atoms with Crippen molar-refractivity contribution in [1.29, 1.82) is 0 Å². The quantitative estimate of drug-likeness (QED) is 0.477. The molecule has 0 fully saturated rings. The molecule has 0 aliphatic carbocycles. The fourth-order valence-electron chi connectivity index (χ4n) is 1.89. The first-order valence-electron chi connectivity index (χ1n) is 7.11. The Morgan fingerprint density at radius 3 is 2.42 bits per heavy atom. The van der Waals surface area contributed by atoms with Crippen LogP contribution >= 0.6 is 0 Å². The first kappa shape index (κ1) is 15.5. The lowest BCUT2D eigenvalue weighted by Gasteiger charge is -1.99. The number of allylic oxidation sites excluding steroid dienone is 1. The molecule has 104 valence electrons. The van der Waals surface area contributed by atoms with Crippen molar-refractivity contribution in [3.8, 4) is 5.75 Å². The van der Waals surface area contributed by atoms with Gasteiger partial charge in [0, 0.05) is 6.42 Å². The van der Waals surface area contributed by atoms with E-state index >= 15 is 0 Å². The molecule has 0 N–H and O–H groups in total. The van der Waals surface area contributed by atoms with Gasteiger partial charge in [0.05, 0.1) is 7.11 Å². The van der Waals surface area contributed by atoms with Crippen LogP contribution in [0.25, 0.3) is 6.08 Å². The molecule has 1 rings (SSSR count). The van der Waals surface area contributed by atoms with Crippen LogP contribution in [-0.4, -0.2) is 12.9 Å². The molecule has 19 heavy (non-hydrogen) atoms. The van der Waals surface area contributed by atoms with Crippen molar-refractivity contribution in [3.63, 3.8) is 0 Å². The van der Waals surface area contributed by atoms with E-state index in [1.165, 1.54) is 19.3 Å². The van der Waals surface area contributed by atoms with Crippen LogP contribution in [0.15, 0.2) is 30.3 Å². The lowest BCUT2D eigenvalue weighted by molar-refractivity contribution is -0.114. The van der Waals surface area contributed by atoms with Gasteiger partial charge in [-0.1, -0.05) is 50.8 Å². The Balaban J connectivity index is 2.28. The largest absolute Gasteiger partial charge is 0.497 e. The average molecular weight is 260 g/mol. The number of carbonyl (C=O) groups is 1. The zero-order valence-corrected chi connectivity index (χ0v) is 12.0. The molecule has 0 unspecified atom stereocenters. The molecule has 2 nitrogen and oxygen atoms in total. The summed E-state index contributed by atoms with van der Waals surface area (Å²) >= 11 is 0. The highest BCUT2D eigenvalue weighted by molar-refractivity contribution is 5.93. The van der Waals surface area contributed by atoms with Crippen molar-refractivity contribution in [3.05, 3.63) is 35.9 Å². The minimum absolute atomic E-state index is 0.215. The molecular weight excluding hydrogens is 236 g/mol. The predicted octanol–water partition coefficient (Wildman–Crippen LogP) is 4.64. The van der Waals surface area contributed by atoms with Gasteiger partial charge in [-0.25, -0.2) is 0 Å². The van der Waals surface area contributed by atoms with E-state index in [0.29, 0.717) is 6.42 Å². The van der Waals surface area contributed by atoms with E-state index in [1.807, 2.05) is 30.3 Å². The summed E-state index contributed by atoms with van der Waals surface area (Å²) in [6.45, 7) is 2.20. The average Bonchev–Trinajstić information content (AvgIpc) is 2.45. The summed E-state index contributed by atoms with van der Waals surface area (Å²) < 4.78 is 5.09. The lowest BCUT2D eigenvalue weighted by Crippen LogP contribution is -1.92. The molecule has 1 aromatic rings. The maximum Gasteiger partial charge on any atom is 0.155 e. The Hall–Kier alpha value is -1.57. The number of hydrogen-bond donors (Lipinski definition) is 0. The molecule has 0 aliphatic heterocycles. The summed E-state index contributed by atoms with van der Waals surface area (Å²) in [4.78, 5) is 11.7. The summed E-state index contributed by atoms with van der Waals surface area (Å²) in [6.07, 6.45) is 10.1. The van der Waals surface area contributed by atoms with E-state index in [2.05, 4.69) is 6.92 Å². The Labute approximate surface area is 116 Å². The normalized spacial score (nSPS) is 10.8. The Morgan fingerprint density at radius 2 is 1.79 bits per heavy atom. The highest BCUT2D eigenvalue weighted by atomic mass is 16.5. The summed E-state index contributed by atoms with van der Waals surface area (Å²) in [5, 5.41) is 0. The number of methoxy groups -OCH3 is 1. The van der Waals surface area contributed by atoms with Crippen LogP contribution in [0.5, 0.6) is 5.75 Å². The summed E-state index contributed by atoms with van der Waals surface area (Å²) in [5.74, 6) is 1.05. The molecule has 0 amide bonds. The zero-order chi connectivity index (χ0) is 13.9. The lowest BCUT2D eigenvalue weighted by atomic mass is 10.1. The van der Waals surface area contributed by atoms with Crippen LogP contribution in [0, 0.1) is 0 Å². The van der Waals surface area contributed by atoms with Crippen LogP contribution in [0.4, 0.5) is 0 Å². The van der Waals surface area contributed by atoms with Gasteiger partial charge < -0.3 is 4.74 Å². The molecule has 0 saturated heterocycles. The van der Waals surface area contributed by atoms with Gasteiger partial charge in [0.15, 0.2) is 5.78 Å². The van der Waals surface area contributed by atoms with Crippen LogP contribution in [-0.2, 0) is 4.79 Å². The van der Waals surface area contributed by atoms with Gasteiger partial charge in [-0.15, -0.1) is 0 Å². The van der Waals surface area contributed by atoms with Gasteiger partial charge in [-0.05, 0) is 30.2 Å². The first-order valence-corrected chi connectivity index (χ1v) is 7.11. The minimum Gasteiger partial charge on any atom is -0.497 e. The number of carbonyl (C=O) groups excluding carboxylic acids is 1. The summed E-state index contributed by atoms with van der Waals surface area (Å²) in [6, 6.07) is 7.69. The van der Waals surface area contributed by atoms with Gasteiger partial charge in [0.2, 0.25) is 0 Å². The number of hydrogen-bond acceptors (Lipinski definition) is 2. The van der Waals surface area contributed by atoms with E-state index in [9.17, 15) is 4.79 Å². The van der Waals surface area contributed by atoms with Crippen molar-refractivity contribution in [2.24, 2.45) is 0 Å². The Kier molecular flexibility index (Phi) is 7.64. The van der Waals surface area contributed by atoms with E-state index in [1.54, 1.807) is 13.2 Å². The highest BCUT2D eigenvalue weighted by Crippen LogP contribution is 2.12. The van der Waals surface area contributed by atoms with Crippen molar-refractivity contribution in [1.82, 2.24) is 0 Å². The van der Waals surface area contributed by atoms with Gasteiger partial charge in [0.25, 0.3) is 0 Å². The second-order valence-electron chi connectivity index (χ2n) is 4.74. The second-order valence-corrected chi connectivity index (χ2v) is 4.74. The SMILES string of the molecule is CCCCCCCC(=O)/C=C\c1ccc(OC)cc1. The zero-order valence-electron chi connectivity index (χ0n) is 12.0. The minimum atomic E-state index is 0.215. The van der Waals surface area contributed by atoms with Crippen LogP contribution < -0.4 is 4.74 Å². The van der Waals surface area contributed by atoms with E-state index in [0.717, 1.165) is 24.2 Å². The number of unbranched alkanes of at least 4 members (excludes halogenated alkanes) is 4. The number of rotatable bonds is 9. The number of ether oxygens (including phenoxy) is 1. The third-order valence-corrected chi connectivity index (χ3v) is 3.10. The third-order valence-electron chi connectivity index (χ3n) is 3.10. The molecule has 0 aromatic heterocycles. The standard InChI is InChI=1S/C17H24O2/c1-3-4-5-6-7-8-16(18)12-9-15-10-13-17(19-2)14-11-15/h9-14H,3-8H2,1-2H3/b12-9-. The topological polar surface area (TPSA) is 26.3 Å². The van der Waals surface area contributed by atoms with Gasteiger partial charge in [-0.3, -0.25) is 4.79 Å². The molecule has 2 heteroatoms. The molecular formula is C17H24O2. The fourth-order valence-corrected chi connectivity index (χ4v) is 1.89. The third kappa shape index (κ3) is 6.80. The highest BCUT2D eigenvalue weighted by Gasteiger charge is 1.97. The van der Waals surface area contributed by atoms with Crippen LogP contribution in [0.1, 0.15) is 51.0 Å². The van der Waals surface area contributed by atoms with Crippen LogP contribution in [0.3, 0.4) is 0 Å². The maximum absolute atomic E-state index is 11.7. The number of benzene rings is 1. The monoisotopic (exact) mass is 260 g/mol. The second kappa shape index (κ2) is 9.37. The van der Waals surface area contributed by atoms with Crippen molar-refractivity contribution >= 4 is 11.9 Å².